The number of rotatable bonds is 1. The van der Waals surface area contributed by atoms with Gasteiger partial charge in [-0.3, -0.25) is 0 Å². The fourth-order valence-corrected chi connectivity index (χ4v) is 1070. The third kappa shape index (κ3) is 0.958. The van der Waals surface area contributed by atoms with Gasteiger partial charge in [0.1, 0.15) is 0 Å². The Morgan fingerprint density at radius 1 is 0.333 bits per heavy atom. The van der Waals surface area contributed by atoms with Gasteiger partial charge in [0.25, 0.3) is 0 Å². The van der Waals surface area contributed by atoms with Crippen LogP contribution in [0.3, 0.4) is 0 Å². The van der Waals surface area contributed by atoms with E-state index < -0.39 is 67.2 Å². The summed E-state index contributed by atoms with van der Waals surface area (Å²) in [4.78, 5) is 0. The van der Waals surface area contributed by atoms with Gasteiger partial charge in [0.15, 0.2) is 0 Å². The van der Waals surface area contributed by atoms with Crippen LogP contribution < -0.4 is 0 Å². The van der Waals surface area contributed by atoms with Gasteiger partial charge in [-0.25, -0.2) is 0 Å². The first-order valence-corrected chi connectivity index (χ1v) is 51.8. The van der Waals surface area contributed by atoms with Crippen molar-refractivity contribution in [2.75, 3.05) is 0 Å². The summed E-state index contributed by atoms with van der Waals surface area (Å²) >= 11 is 0. The minimum Gasteiger partial charge on any atom is -0.0743 e. The molecule has 0 aliphatic carbocycles. The molecule has 6 aliphatic heterocycles. The molecule has 24 heavy (non-hydrogen) atoms. The van der Waals surface area contributed by atoms with Crippen molar-refractivity contribution in [3.05, 3.63) is 0 Å². The van der Waals surface area contributed by atoms with Gasteiger partial charge in [-0.05, 0) is 0 Å². The van der Waals surface area contributed by atoms with Crippen molar-refractivity contribution in [1.82, 2.24) is 0 Å². The van der Waals surface area contributed by atoms with Gasteiger partial charge in [-0.1, -0.05) is 78.6 Å². The van der Waals surface area contributed by atoms with Crippen molar-refractivity contribution in [2.45, 2.75) is 78.6 Å². The first-order chi connectivity index (χ1) is 10.2. The van der Waals surface area contributed by atoms with Crippen LogP contribution in [-0.2, 0) is 0 Å². The second-order valence-electron chi connectivity index (χ2n) is 12.8. The molecule has 0 aromatic heterocycles. The van der Waals surface area contributed by atoms with E-state index in [1.807, 2.05) is 0 Å². The molecule has 6 heterocycles. The highest BCUT2D eigenvalue weighted by Gasteiger charge is 3.15. The van der Waals surface area contributed by atoms with E-state index in [0.717, 1.165) is 0 Å². The van der Waals surface area contributed by atoms with Gasteiger partial charge >= 0.3 is 0 Å². The molecule has 6 radical (unpaired) electrons. The molecule has 0 aromatic rings. The zero-order valence-electron chi connectivity index (χ0n) is 18.0. The van der Waals surface area contributed by atoms with Crippen LogP contribution in [0, 0.1) is 0 Å². The lowest BCUT2D eigenvalue weighted by atomic mass is 11.9. The highest BCUT2D eigenvalue weighted by Crippen LogP contribution is 2.82. The highest BCUT2D eigenvalue weighted by molar-refractivity contribution is 8.74. The smallest absolute Gasteiger partial charge is 0.0202 e. The Labute approximate surface area is 164 Å². The van der Waals surface area contributed by atoms with Crippen LogP contribution in [-0.4, -0.2) is 86.7 Å². The van der Waals surface area contributed by atoms with Crippen LogP contribution in [0.2, 0.25) is 78.6 Å². The average molecular weight is 517 g/mol. The van der Waals surface area contributed by atoms with Gasteiger partial charge in [-0.2, -0.15) is 0 Å². The molecule has 0 nitrogen and oxygen atoms in total. The first-order valence-electron chi connectivity index (χ1n) is 9.75. The summed E-state index contributed by atoms with van der Waals surface area (Å²) < 4.78 is 0. The fourth-order valence-electron chi connectivity index (χ4n) is 13.5. The van der Waals surface area contributed by atoms with Crippen LogP contribution >= 0.6 is 0 Å². The minimum atomic E-state index is -0.957. The van der Waals surface area contributed by atoms with Crippen LogP contribution in [0.4, 0.5) is 0 Å². The lowest BCUT2D eigenvalue weighted by molar-refractivity contribution is 1.77. The lowest BCUT2D eigenvalue weighted by Gasteiger charge is -3.11. The Bertz CT molecular complexity index is 554. The number of hydrogen-bond acceptors (Lipinski definition) is 0. The van der Waals surface area contributed by atoms with E-state index in [-0.39, 0.29) is 0 Å². The van der Waals surface area contributed by atoms with E-state index in [0.29, 0.717) is 0 Å². The SMILES string of the molecule is C[Si]1(C)[Si]2([Si])[Si](C)(C)[Si]1([Si]13[Si](C)(C)[Si]([Si])([Si]1(C)C)[Si]3(C)C)[Si]2(C)C. The maximum atomic E-state index is 4.81. The summed E-state index contributed by atoms with van der Waals surface area (Å²) in [6.07, 6.45) is -3.67. The van der Waals surface area contributed by atoms with Gasteiger partial charge in [0.2, 0.25) is 0 Å². The number of hydrogen-bond donors (Lipinski definition) is 0. The molecular weight excluding hydrogens is 481 g/mol. The van der Waals surface area contributed by atoms with E-state index in [4.69, 9.17) is 19.5 Å². The van der Waals surface area contributed by atoms with Gasteiger partial charge < -0.3 is 0 Å². The lowest BCUT2D eigenvalue weighted by Crippen LogP contribution is -3.46. The molecule has 4 bridgehead atoms. The van der Waals surface area contributed by atoms with Crippen molar-refractivity contribution in [1.29, 1.82) is 0 Å². The van der Waals surface area contributed by atoms with Crippen molar-refractivity contribution < 1.29 is 0 Å². The predicted molar refractivity (Wildman–Crippen MR) is 139 cm³/mol. The summed E-state index contributed by atoms with van der Waals surface area (Å²) in [5.74, 6) is 0. The second kappa shape index (κ2) is 3.95. The molecule has 0 saturated carbocycles. The summed E-state index contributed by atoms with van der Waals surface area (Å²) in [6.45, 7) is 35.9. The van der Waals surface area contributed by atoms with Crippen LogP contribution in [0.1, 0.15) is 0 Å². The molecule has 0 atom stereocenters. The van der Waals surface area contributed by atoms with Crippen molar-refractivity contribution >= 4 is 86.7 Å². The third-order valence-electron chi connectivity index (χ3n) is 11.8. The highest BCUT2D eigenvalue weighted by atomic mass is 31.0. The quantitative estimate of drug-likeness (QED) is 0.469. The molecule has 6 rings (SSSR count). The molecule has 6 saturated heterocycles. The van der Waals surface area contributed by atoms with Crippen LogP contribution in [0.15, 0.2) is 0 Å². The maximum absolute atomic E-state index is 4.81. The molecule has 0 unspecified atom stereocenters. The molecule has 0 spiro atoms. The monoisotopic (exact) mass is 516 g/mol. The molecule has 6 fully saturated rings. The molecule has 0 aromatic carbocycles. The average Bonchev–Trinajstić information content (AvgIpc) is 2.40. The van der Waals surface area contributed by atoms with Crippen molar-refractivity contribution in [3.8, 4) is 0 Å². The van der Waals surface area contributed by atoms with Crippen LogP contribution in [0.5, 0.6) is 0 Å². The van der Waals surface area contributed by atoms with Crippen LogP contribution in [0.25, 0.3) is 0 Å². The zero-order valence-corrected chi connectivity index (χ0v) is 30.0. The van der Waals surface area contributed by atoms with Crippen molar-refractivity contribution in [2.24, 2.45) is 0 Å². The first kappa shape index (κ1) is 19.9. The van der Waals surface area contributed by atoms with Gasteiger partial charge in [-0.15, -0.1) is 0 Å². The Hall–Kier alpha value is 2.60. The Morgan fingerprint density at radius 2 is 0.458 bits per heavy atom. The van der Waals surface area contributed by atoms with Gasteiger partial charge in [0, 0.05) is 86.7 Å². The summed E-state index contributed by atoms with van der Waals surface area (Å²) in [5.41, 5.74) is 0. The summed E-state index contributed by atoms with van der Waals surface area (Å²) in [7, 11) is 4.29. The normalized spacial score (nSPS) is 57.8. The molecule has 12 heteroatoms. The predicted octanol–water partition coefficient (Wildman–Crippen LogP) is 2.44. The standard InChI is InChI=1S/C12H36Si12/c1-15(2)21(13)16(3,4)23(15,17(21,5)6)24-18(7,8)22(14,19(24,9)10)20(24,11)12/h1-12H3. The van der Waals surface area contributed by atoms with E-state index in [9.17, 15) is 0 Å². The largest absolute Gasteiger partial charge is 0.0743 e. The maximum Gasteiger partial charge on any atom is 0.0202 e. The topological polar surface area (TPSA) is 0 Å². The Morgan fingerprint density at radius 3 is 0.583 bits per heavy atom. The molecule has 0 amide bonds. The fraction of sp³-hybridized carbons (Fsp3) is 1.00. The summed E-state index contributed by atoms with van der Waals surface area (Å²) in [6, 6.07) is 0. The molecule has 6 aliphatic rings. The summed E-state index contributed by atoms with van der Waals surface area (Å²) in [5, 5.41) is 0. The van der Waals surface area contributed by atoms with E-state index >= 15 is 0 Å². The second-order valence-corrected chi connectivity index (χ2v) is 164. The minimum absolute atomic E-state index is 0.879. The van der Waals surface area contributed by atoms with E-state index in [1.165, 1.54) is 0 Å². The van der Waals surface area contributed by atoms with Gasteiger partial charge in [0.05, 0.1) is 0 Å². The van der Waals surface area contributed by atoms with E-state index in [2.05, 4.69) is 78.6 Å². The molecular formula is C12H36Si12. The van der Waals surface area contributed by atoms with E-state index in [1.54, 1.807) is 0 Å². The third-order valence-corrected chi connectivity index (χ3v) is 471. The molecule has 0 N–H and O–H groups in total. The Kier molecular flexibility index (Phi) is 3.28. The van der Waals surface area contributed by atoms with Crippen molar-refractivity contribution in [3.63, 3.8) is 0 Å². The zero-order chi connectivity index (χ0) is 19.0. The molecule has 132 valence electrons. The Balaban J connectivity index is 2.10.